The van der Waals surface area contributed by atoms with Gasteiger partial charge in [0.25, 0.3) is 11.8 Å². The molecule has 1 N–H and O–H groups in total. The van der Waals surface area contributed by atoms with Crippen molar-refractivity contribution in [3.63, 3.8) is 0 Å². The zero-order valence-electron chi connectivity index (χ0n) is 15.9. The van der Waals surface area contributed by atoms with Crippen LogP contribution >= 0.6 is 0 Å². The van der Waals surface area contributed by atoms with Crippen molar-refractivity contribution in [2.75, 3.05) is 6.54 Å². The van der Waals surface area contributed by atoms with Crippen molar-refractivity contribution < 1.29 is 23.9 Å². The summed E-state index contributed by atoms with van der Waals surface area (Å²) < 4.78 is 5.75. The first-order valence-electron chi connectivity index (χ1n) is 9.00. The molecular formula is C22H18N2O5. The van der Waals surface area contributed by atoms with Crippen LogP contribution in [0.5, 0.6) is 0 Å². The standard InChI is InChI=1S/C22H18N2O5/c1-3-10-24-20(25)17(13(2)18(12-23)21(24)26)11-14-8-9-19(29-14)15-6-4-5-7-16(15)22(27)28/h4-9,11H,3,10H2,1-2H3,(H,27,28)/b17-11+. The summed E-state index contributed by atoms with van der Waals surface area (Å²) in [6, 6.07) is 11.5. The Kier molecular flexibility index (Phi) is 5.46. The van der Waals surface area contributed by atoms with Gasteiger partial charge >= 0.3 is 5.97 Å². The number of carbonyl (C=O) groups excluding carboxylic acids is 2. The Morgan fingerprint density at radius 2 is 1.93 bits per heavy atom. The fourth-order valence-corrected chi connectivity index (χ4v) is 3.16. The number of carbonyl (C=O) groups is 3. The Bertz CT molecular complexity index is 1110. The van der Waals surface area contributed by atoms with E-state index < -0.39 is 17.8 Å². The van der Waals surface area contributed by atoms with E-state index in [-0.39, 0.29) is 23.3 Å². The fourth-order valence-electron chi connectivity index (χ4n) is 3.16. The van der Waals surface area contributed by atoms with Gasteiger partial charge in [-0.15, -0.1) is 0 Å². The molecule has 0 spiro atoms. The second-order valence-electron chi connectivity index (χ2n) is 6.48. The van der Waals surface area contributed by atoms with Crippen molar-refractivity contribution in [2.45, 2.75) is 20.3 Å². The van der Waals surface area contributed by atoms with Gasteiger partial charge in [-0.1, -0.05) is 25.1 Å². The molecule has 1 aliphatic rings. The molecule has 1 aromatic carbocycles. The van der Waals surface area contributed by atoms with E-state index in [1.54, 1.807) is 37.3 Å². The van der Waals surface area contributed by atoms with Gasteiger partial charge in [0.05, 0.1) is 5.56 Å². The highest BCUT2D eigenvalue weighted by Crippen LogP contribution is 2.30. The molecule has 0 bridgehead atoms. The summed E-state index contributed by atoms with van der Waals surface area (Å²) in [5, 5.41) is 18.7. The quantitative estimate of drug-likeness (QED) is 0.616. The molecule has 1 aromatic heterocycles. The summed E-state index contributed by atoms with van der Waals surface area (Å²) in [4.78, 5) is 37.7. The molecule has 1 aliphatic heterocycles. The van der Waals surface area contributed by atoms with Crippen LogP contribution in [-0.2, 0) is 9.59 Å². The van der Waals surface area contributed by atoms with E-state index in [9.17, 15) is 24.8 Å². The molecule has 2 aromatic rings. The minimum absolute atomic E-state index is 0.0766. The molecule has 7 heteroatoms. The lowest BCUT2D eigenvalue weighted by atomic mass is 9.94. The SMILES string of the molecule is CCCN1C(=O)C(C#N)=C(C)/C(=C\c2ccc(-c3ccccc3C(=O)O)o2)C1=O. The Balaban J connectivity index is 2.06. The lowest BCUT2D eigenvalue weighted by Crippen LogP contribution is -2.43. The topological polar surface area (TPSA) is 112 Å². The number of imide groups is 1. The highest BCUT2D eigenvalue weighted by atomic mass is 16.4. The zero-order chi connectivity index (χ0) is 21.1. The van der Waals surface area contributed by atoms with Gasteiger partial charge in [0.15, 0.2) is 0 Å². The molecule has 0 saturated heterocycles. The predicted octanol–water partition coefficient (Wildman–Crippen LogP) is 3.65. The summed E-state index contributed by atoms with van der Waals surface area (Å²) in [5.41, 5.74) is 0.915. The Morgan fingerprint density at radius 3 is 2.59 bits per heavy atom. The highest BCUT2D eigenvalue weighted by molar-refractivity contribution is 6.19. The molecule has 3 rings (SSSR count). The van der Waals surface area contributed by atoms with Crippen molar-refractivity contribution in [2.24, 2.45) is 0 Å². The maximum Gasteiger partial charge on any atom is 0.336 e. The zero-order valence-corrected chi connectivity index (χ0v) is 15.9. The Labute approximate surface area is 167 Å². The van der Waals surface area contributed by atoms with Gasteiger partial charge in [-0.05, 0) is 43.2 Å². The Morgan fingerprint density at radius 1 is 1.21 bits per heavy atom. The maximum absolute atomic E-state index is 12.8. The molecular weight excluding hydrogens is 372 g/mol. The number of nitrogens with zero attached hydrogens (tertiary/aromatic N) is 2. The summed E-state index contributed by atoms with van der Waals surface area (Å²) in [7, 11) is 0. The molecule has 2 amide bonds. The predicted molar refractivity (Wildman–Crippen MR) is 104 cm³/mol. The average molecular weight is 390 g/mol. The Hall–Kier alpha value is -3.92. The van der Waals surface area contributed by atoms with Gasteiger partial charge in [0.2, 0.25) is 0 Å². The van der Waals surface area contributed by atoms with Crippen molar-refractivity contribution in [1.29, 1.82) is 5.26 Å². The number of amides is 2. The van der Waals surface area contributed by atoms with Gasteiger partial charge < -0.3 is 9.52 Å². The highest BCUT2D eigenvalue weighted by Gasteiger charge is 2.35. The molecule has 0 fully saturated rings. The van der Waals surface area contributed by atoms with Crippen LogP contribution in [0.2, 0.25) is 0 Å². The monoisotopic (exact) mass is 390 g/mol. The minimum atomic E-state index is -1.08. The van der Waals surface area contributed by atoms with E-state index in [0.717, 1.165) is 4.90 Å². The summed E-state index contributed by atoms with van der Waals surface area (Å²) in [5.74, 6) is -1.51. The average Bonchev–Trinajstić information content (AvgIpc) is 3.17. The van der Waals surface area contributed by atoms with Gasteiger partial charge in [-0.25, -0.2) is 4.79 Å². The number of rotatable bonds is 5. The van der Waals surface area contributed by atoms with Crippen molar-refractivity contribution in [3.8, 4) is 17.4 Å². The number of aromatic carboxylic acids is 1. The largest absolute Gasteiger partial charge is 0.478 e. The third kappa shape index (κ3) is 3.60. The number of carboxylic acid groups (broad SMARTS) is 1. The summed E-state index contributed by atoms with van der Waals surface area (Å²) in [6.45, 7) is 3.59. The first-order chi connectivity index (χ1) is 13.9. The molecule has 146 valence electrons. The van der Waals surface area contributed by atoms with E-state index in [4.69, 9.17) is 4.42 Å². The second kappa shape index (κ2) is 7.98. The van der Waals surface area contributed by atoms with E-state index in [0.29, 0.717) is 29.1 Å². The van der Waals surface area contributed by atoms with E-state index >= 15 is 0 Å². The van der Waals surface area contributed by atoms with Crippen LogP contribution in [0.3, 0.4) is 0 Å². The summed E-state index contributed by atoms with van der Waals surface area (Å²) in [6.07, 6.45) is 2.04. The lowest BCUT2D eigenvalue weighted by Gasteiger charge is -2.26. The van der Waals surface area contributed by atoms with Gasteiger partial charge in [-0.3, -0.25) is 14.5 Å². The van der Waals surface area contributed by atoms with Gasteiger partial charge in [0.1, 0.15) is 23.2 Å². The molecule has 2 heterocycles. The fraction of sp³-hybridized carbons (Fsp3) is 0.182. The summed E-state index contributed by atoms with van der Waals surface area (Å²) >= 11 is 0. The molecule has 0 saturated carbocycles. The van der Waals surface area contributed by atoms with Crippen molar-refractivity contribution in [1.82, 2.24) is 4.90 Å². The van der Waals surface area contributed by atoms with Crippen LogP contribution < -0.4 is 0 Å². The molecule has 0 unspecified atom stereocenters. The van der Waals surface area contributed by atoms with Crippen LogP contribution in [0.25, 0.3) is 17.4 Å². The molecule has 0 radical (unpaired) electrons. The number of nitriles is 1. The lowest BCUT2D eigenvalue weighted by molar-refractivity contribution is -0.140. The number of hydrogen-bond donors (Lipinski definition) is 1. The van der Waals surface area contributed by atoms with Crippen molar-refractivity contribution >= 4 is 23.9 Å². The number of hydrogen-bond acceptors (Lipinski definition) is 5. The molecule has 0 atom stereocenters. The number of carboxylic acids is 1. The van der Waals surface area contributed by atoms with Crippen LogP contribution in [0.4, 0.5) is 0 Å². The molecule has 0 aliphatic carbocycles. The smallest absolute Gasteiger partial charge is 0.336 e. The van der Waals surface area contributed by atoms with Crippen LogP contribution in [0.1, 0.15) is 36.4 Å². The van der Waals surface area contributed by atoms with Gasteiger partial charge in [0, 0.05) is 17.7 Å². The minimum Gasteiger partial charge on any atom is -0.478 e. The third-order valence-corrected chi connectivity index (χ3v) is 4.61. The maximum atomic E-state index is 12.8. The van der Waals surface area contributed by atoms with Gasteiger partial charge in [-0.2, -0.15) is 5.26 Å². The van der Waals surface area contributed by atoms with Crippen LogP contribution in [0.15, 0.2) is 57.5 Å². The number of benzene rings is 1. The first kappa shape index (κ1) is 19.8. The number of furan rings is 1. The molecule has 7 nitrogen and oxygen atoms in total. The van der Waals surface area contributed by atoms with E-state index in [1.165, 1.54) is 12.1 Å². The normalized spacial score (nSPS) is 15.8. The first-order valence-corrected chi connectivity index (χ1v) is 9.00. The van der Waals surface area contributed by atoms with E-state index in [1.807, 2.05) is 13.0 Å². The van der Waals surface area contributed by atoms with Crippen molar-refractivity contribution in [3.05, 3.63) is 64.4 Å². The molecule has 29 heavy (non-hydrogen) atoms. The second-order valence-corrected chi connectivity index (χ2v) is 6.48. The third-order valence-electron chi connectivity index (χ3n) is 4.61. The van der Waals surface area contributed by atoms with Crippen LogP contribution in [0, 0.1) is 11.3 Å². The van der Waals surface area contributed by atoms with E-state index in [2.05, 4.69) is 0 Å². The van der Waals surface area contributed by atoms with Crippen LogP contribution in [-0.4, -0.2) is 34.3 Å².